The van der Waals surface area contributed by atoms with Crippen LogP contribution in [0.4, 0.5) is 29.5 Å². The zero-order chi connectivity index (χ0) is 22.4. The smallest absolute Gasteiger partial charge is 0.367 e. The first-order valence-corrected chi connectivity index (χ1v) is 10.0. The van der Waals surface area contributed by atoms with Gasteiger partial charge in [0.1, 0.15) is 5.82 Å². The minimum Gasteiger partial charge on any atom is -0.367 e. The van der Waals surface area contributed by atoms with E-state index < -0.39 is 11.5 Å². The molecular formula is C19H20F3N7OS. The van der Waals surface area contributed by atoms with E-state index in [0.29, 0.717) is 30.4 Å². The van der Waals surface area contributed by atoms with Crippen LogP contribution in [-0.4, -0.2) is 44.6 Å². The highest BCUT2D eigenvalue weighted by Crippen LogP contribution is 2.37. The molecule has 12 heteroatoms. The molecule has 3 N–H and O–H groups in total. The molecule has 0 unspecified atom stereocenters. The monoisotopic (exact) mass is 451 g/mol. The lowest BCUT2D eigenvalue weighted by molar-refractivity contribution is -0.0328. The van der Waals surface area contributed by atoms with Gasteiger partial charge in [-0.05, 0) is 68.1 Å². The van der Waals surface area contributed by atoms with Gasteiger partial charge in [-0.3, -0.25) is 0 Å². The number of benzene rings is 1. The second-order valence-corrected chi connectivity index (χ2v) is 7.63. The number of nitrogens with zero attached hydrogens (tertiary/aromatic N) is 4. The molecule has 31 heavy (non-hydrogen) atoms. The standard InChI is InChI=1S/C19H20F3N7OS/c1-12-11-13(2)29(28-12)17-8-7-16(26-27-17)23-9-10-24-18(30)25-14-3-5-15(6-4-14)31-19(20,21)22/h3-8,11H,9-10H2,1-2H3,(H,23,26)(H2,24,25,30). The molecule has 3 rings (SSSR count). The highest BCUT2D eigenvalue weighted by molar-refractivity contribution is 8.00. The Bertz CT molecular complexity index is 1020. The van der Waals surface area contributed by atoms with E-state index in [2.05, 4.69) is 31.2 Å². The first-order chi connectivity index (χ1) is 14.7. The first kappa shape index (κ1) is 22.4. The fourth-order valence-corrected chi connectivity index (χ4v) is 3.21. The molecule has 0 aliphatic heterocycles. The van der Waals surface area contributed by atoms with Gasteiger partial charge in [-0.15, -0.1) is 10.2 Å². The normalized spacial score (nSPS) is 11.3. The lowest BCUT2D eigenvalue weighted by Gasteiger charge is -2.10. The maximum atomic E-state index is 12.3. The van der Waals surface area contributed by atoms with Gasteiger partial charge >= 0.3 is 11.5 Å². The Kier molecular flexibility index (Phi) is 7.00. The van der Waals surface area contributed by atoms with Crippen molar-refractivity contribution in [2.24, 2.45) is 0 Å². The van der Waals surface area contributed by atoms with Gasteiger partial charge in [0, 0.05) is 29.4 Å². The average molecular weight is 451 g/mol. The van der Waals surface area contributed by atoms with Crippen molar-refractivity contribution in [1.29, 1.82) is 0 Å². The third-order valence-corrected chi connectivity index (χ3v) is 4.68. The first-order valence-electron chi connectivity index (χ1n) is 9.21. The van der Waals surface area contributed by atoms with Gasteiger partial charge in [0.2, 0.25) is 0 Å². The van der Waals surface area contributed by atoms with Gasteiger partial charge in [-0.2, -0.15) is 18.3 Å². The highest BCUT2D eigenvalue weighted by Gasteiger charge is 2.29. The number of alkyl halides is 3. The predicted molar refractivity (Wildman–Crippen MR) is 112 cm³/mol. The second-order valence-electron chi connectivity index (χ2n) is 6.50. The second kappa shape index (κ2) is 9.69. The van der Waals surface area contributed by atoms with Crippen LogP contribution in [0.5, 0.6) is 0 Å². The van der Waals surface area contributed by atoms with Crippen LogP contribution >= 0.6 is 11.8 Å². The van der Waals surface area contributed by atoms with Crippen LogP contribution in [0.15, 0.2) is 47.4 Å². The fraction of sp³-hybridized carbons (Fsp3) is 0.263. The van der Waals surface area contributed by atoms with Crippen molar-refractivity contribution in [3.05, 3.63) is 53.9 Å². The summed E-state index contributed by atoms with van der Waals surface area (Å²) < 4.78 is 38.7. The van der Waals surface area contributed by atoms with Crippen LogP contribution in [0.25, 0.3) is 5.82 Å². The molecule has 0 atom stereocenters. The summed E-state index contributed by atoms with van der Waals surface area (Å²) in [6, 6.07) is 10.4. The maximum absolute atomic E-state index is 12.3. The average Bonchev–Trinajstić information content (AvgIpc) is 3.04. The minimum atomic E-state index is -4.35. The molecule has 0 saturated heterocycles. The molecule has 0 fully saturated rings. The number of carbonyl (C=O) groups excluding carboxylic acids is 1. The summed E-state index contributed by atoms with van der Waals surface area (Å²) in [5.74, 6) is 1.15. The summed E-state index contributed by atoms with van der Waals surface area (Å²) in [5, 5.41) is 20.8. The van der Waals surface area contributed by atoms with Crippen molar-refractivity contribution in [2.45, 2.75) is 24.3 Å². The molecule has 2 heterocycles. The zero-order valence-electron chi connectivity index (χ0n) is 16.7. The van der Waals surface area contributed by atoms with Crippen molar-refractivity contribution >= 4 is 29.3 Å². The van der Waals surface area contributed by atoms with Gasteiger partial charge in [-0.25, -0.2) is 9.48 Å². The topological polar surface area (TPSA) is 96.8 Å². The summed E-state index contributed by atoms with van der Waals surface area (Å²) in [4.78, 5) is 11.9. The van der Waals surface area contributed by atoms with Crippen molar-refractivity contribution in [2.75, 3.05) is 23.7 Å². The largest absolute Gasteiger partial charge is 0.446 e. The van der Waals surface area contributed by atoms with E-state index in [1.54, 1.807) is 16.8 Å². The number of hydrogen-bond acceptors (Lipinski definition) is 6. The Labute approximate surface area is 180 Å². The number of anilines is 2. The van der Waals surface area contributed by atoms with Gasteiger partial charge in [0.05, 0.1) is 5.69 Å². The van der Waals surface area contributed by atoms with Crippen molar-refractivity contribution < 1.29 is 18.0 Å². The Morgan fingerprint density at radius 2 is 1.81 bits per heavy atom. The van der Waals surface area contributed by atoms with Crippen LogP contribution in [-0.2, 0) is 0 Å². The summed E-state index contributed by atoms with van der Waals surface area (Å²) in [7, 11) is 0. The lowest BCUT2D eigenvalue weighted by Crippen LogP contribution is -2.32. The maximum Gasteiger partial charge on any atom is 0.446 e. The SMILES string of the molecule is Cc1cc(C)n(-c2ccc(NCCNC(=O)Nc3ccc(SC(F)(F)F)cc3)nn2)n1. The highest BCUT2D eigenvalue weighted by atomic mass is 32.2. The number of aromatic nitrogens is 4. The van der Waals surface area contributed by atoms with E-state index in [-0.39, 0.29) is 16.7 Å². The Morgan fingerprint density at radius 3 is 2.39 bits per heavy atom. The number of aryl methyl sites for hydroxylation is 2. The van der Waals surface area contributed by atoms with E-state index >= 15 is 0 Å². The van der Waals surface area contributed by atoms with Crippen LogP contribution < -0.4 is 16.0 Å². The third-order valence-electron chi connectivity index (χ3n) is 3.94. The van der Waals surface area contributed by atoms with E-state index in [1.165, 1.54) is 24.3 Å². The van der Waals surface area contributed by atoms with Gasteiger partial charge < -0.3 is 16.0 Å². The van der Waals surface area contributed by atoms with E-state index in [4.69, 9.17) is 0 Å². The number of halogens is 3. The molecule has 0 aliphatic carbocycles. The molecule has 2 amide bonds. The number of urea groups is 1. The quantitative estimate of drug-likeness (QED) is 0.369. The zero-order valence-corrected chi connectivity index (χ0v) is 17.5. The molecule has 3 aromatic rings. The van der Waals surface area contributed by atoms with Crippen LogP contribution in [0.2, 0.25) is 0 Å². The third kappa shape index (κ3) is 6.88. The number of hydrogen-bond donors (Lipinski definition) is 3. The van der Waals surface area contributed by atoms with Crippen LogP contribution in [0.3, 0.4) is 0 Å². The Balaban J connectivity index is 1.40. The molecule has 2 aromatic heterocycles. The Hall–Kier alpha value is -3.28. The summed E-state index contributed by atoms with van der Waals surface area (Å²) >= 11 is -0.208. The molecule has 0 aliphatic rings. The molecule has 0 radical (unpaired) electrons. The van der Waals surface area contributed by atoms with Crippen LogP contribution in [0.1, 0.15) is 11.4 Å². The molecule has 0 saturated carbocycles. The fourth-order valence-electron chi connectivity index (χ4n) is 2.68. The minimum absolute atomic E-state index is 0.0487. The van der Waals surface area contributed by atoms with Gasteiger partial charge in [-0.1, -0.05) is 0 Å². The van der Waals surface area contributed by atoms with Crippen molar-refractivity contribution in [3.8, 4) is 5.82 Å². The van der Waals surface area contributed by atoms with Gasteiger partial charge in [0.15, 0.2) is 5.82 Å². The lowest BCUT2D eigenvalue weighted by atomic mass is 10.3. The molecule has 0 spiro atoms. The van der Waals surface area contributed by atoms with E-state index in [9.17, 15) is 18.0 Å². The molecule has 8 nitrogen and oxygen atoms in total. The molecule has 1 aromatic carbocycles. The number of nitrogens with one attached hydrogen (secondary N) is 3. The molecule has 164 valence electrons. The predicted octanol–water partition coefficient (Wildman–Crippen LogP) is 4.12. The van der Waals surface area contributed by atoms with Gasteiger partial charge in [0.25, 0.3) is 0 Å². The summed E-state index contributed by atoms with van der Waals surface area (Å²) in [5.41, 5.74) is -2.11. The number of carbonyl (C=O) groups is 1. The summed E-state index contributed by atoms with van der Waals surface area (Å²) in [6.45, 7) is 4.54. The van der Waals surface area contributed by atoms with E-state index in [0.717, 1.165) is 11.4 Å². The van der Waals surface area contributed by atoms with Crippen molar-refractivity contribution in [3.63, 3.8) is 0 Å². The summed E-state index contributed by atoms with van der Waals surface area (Å²) in [6.07, 6.45) is 0. The molecule has 0 bridgehead atoms. The molecular weight excluding hydrogens is 431 g/mol. The van der Waals surface area contributed by atoms with Crippen LogP contribution in [0, 0.1) is 13.8 Å². The van der Waals surface area contributed by atoms with Crippen molar-refractivity contribution in [1.82, 2.24) is 25.3 Å². The number of thioether (sulfide) groups is 1. The van der Waals surface area contributed by atoms with E-state index in [1.807, 2.05) is 19.9 Å². The number of amides is 2. The Morgan fingerprint density at radius 1 is 1.06 bits per heavy atom. The number of rotatable bonds is 7.